The fourth-order valence-corrected chi connectivity index (χ4v) is 7.02. The smallest absolute Gasteiger partial charge is 0.159 e. The molecular weight excluding hydrogens is 587 g/mol. The van der Waals surface area contributed by atoms with Gasteiger partial charge in [0.15, 0.2) is 5.82 Å². The predicted octanol–water partition coefficient (Wildman–Crippen LogP) is 10.4. The van der Waals surface area contributed by atoms with Gasteiger partial charge in [-0.2, -0.15) is 0 Å². The van der Waals surface area contributed by atoms with Gasteiger partial charge in [0.25, 0.3) is 0 Å². The molecule has 0 amide bonds. The van der Waals surface area contributed by atoms with Crippen molar-refractivity contribution in [3.8, 4) is 67.3 Å². The van der Waals surface area contributed by atoms with Crippen LogP contribution in [0.4, 0.5) is 0 Å². The number of hydrogen-bond donors (Lipinski definition) is 0. The third-order valence-corrected chi connectivity index (χ3v) is 9.38. The zero-order valence-electron chi connectivity index (χ0n) is 25.7. The minimum Gasteiger partial charge on any atom is -0.264 e. The number of hydrogen-bond acceptors (Lipinski definition) is 5. The summed E-state index contributed by atoms with van der Waals surface area (Å²) in [5.74, 6) is 0.663. The Balaban J connectivity index is 1.04. The van der Waals surface area contributed by atoms with Gasteiger partial charge in [-0.25, -0.2) is 19.9 Å². The summed E-state index contributed by atoms with van der Waals surface area (Å²) in [7, 11) is 0. The molecule has 0 saturated carbocycles. The van der Waals surface area contributed by atoms with E-state index in [-0.39, 0.29) is 0 Å². The molecule has 1 aliphatic carbocycles. The Hall–Kier alpha value is -6.59. The van der Waals surface area contributed by atoms with Gasteiger partial charge in [0, 0.05) is 63.4 Å². The molecule has 0 radical (unpaired) electrons. The van der Waals surface area contributed by atoms with Gasteiger partial charge in [0.2, 0.25) is 0 Å². The van der Waals surface area contributed by atoms with Crippen molar-refractivity contribution in [3.05, 3.63) is 152 Å². The Morgan fingerprint density at radius 3 is 1.71 bits per heavy atom. The van der Waals surface area contributed by atoms with Gasteiger partial charge < -0.3 is 0 Å². The van der Waals surface area contributed by atoms with Crippen LogP contribution in [0.1, 0.15) is 0 Å². The van der Waals surface area contributed by atoms with Gasteiger partial charge >= 0.3 is 0 Å². The number of pyridine rings is 3. The average molecular weight is 612 g/mol. The van der Waals surface area contributed by atoms with Crippen LogP contribution in [0, 0.1) is 0 Å². The standard InChI is InChI=1S/C43H25N5/c1-7-29(21-31(8-1)43-45-24-33(25-46-43)32-9-4-20-44-23-32)38-18-15-27-12-13-28-16-19-39(48-42(28)41(27)47-38)30-14-17-34-35-10-2-5-26-6-3-11-36(40(26)35)37(34)22-30/h1-25H. The molecule has 5 aromatic carbocycles. The number of aromatic nitrogens is 5. The fourth-order valence-electron chi connectivity index (χ4n) is 7.02. The average Bonchev–Trinajstić information content (AvgIpc) is 3.49. The van der Waals surface area contributed by atoms with E-state index in [1.54, 1.807) is 6.20 Å². The number of fused-ring (bicyclic) bond motifs is 6. The van der Waals surface area contributed by atoms with E-state index in [1.807, 2.05) is 42.9 Å². The minimum atomic E-state index is 0.663. The molecule has 0 bridgehead atoms. The largest absolute Gasteiger partial charge is 0.264 e. The molecule has 5 nitrogen and oxygen atoms in total. The lowest BCUT2D eigenvalue weighted by molar-refractivity contribution is 1.17. The molecule has 222 valence electrons. The summed E-state index contributed by atoms with van der Waals surface area (Å²) in [6, 6.07) is 44.7. The van der Waals surface area contributed by atoms with Crippen LogP contribution < -0.4 is 0 Å². The Bertz CT molecular complexity index is 2710. The van der Waals surface area contributed by atoms with Crippen molar-refractivity contribution in [3.63, 3.8) is 0 Å². The third kappa shape index (κ3) is 4.22. The highest BCUT2D eigenvalue weighted by atomic mass is 14.9. The molecule has 48 heavy (non-hydrogen) atoms. The van der Waals surface area contributed by atoms with E-state index in [2.05, 4.69) is 118 Å². The van der Waals surface area contributed by atoms with E-state index < -0.39 is 0 Å². The molecule has 10 rings (SSSR count). The first-order chi connectivity index (χ1) is 23.8. The van der Waals surface area contributed by atoms with E-state index in [0.717, 1.165) is 61.0 Å². The number of benzene rings is 5. The summed E-state index contributed by atoms with van der Waals surface area (Å²) in [6.45, 7) is 0. The van der Waals surface area contributed by atoms with Crippen LogP contribution in [0.3, 0.4) is 0 Å². The lowest BCUT2D eigenvalue weighted by Crippen LogP contribution is -1.93. The molecule has 4 heterocycles. The quantitative estimate of drug-likeness (QED) is 0.185. The van der Waals surface area contributed by atoms with Crippen molar-refractivity contribution >= 4 is 32.6 Å². The van der Waals surface area contributed by atoms with E-state index in [9.17, 15) is 0 Å². The molecule has 0 spiro atoms. The lowest BCUT2D eigenvalue weighted by Gasteiger charge is -2.10. The summed E-state index contributed by atoms with van der Waals surface area (Å²) < 4.78 is 0. The maximum Gasteiger partial charge on any atom is 0.159 e. The highest BCUT2D eigenvalue weighted by Gasteiger charge is 2.21. The molecule has 0 N–H and O–H groups in total. The summed E-state index contributed by atoms with van der Waals surface area (Å²) in [4.78, 5) is 24.0. The Morgan fingerprint density at radius 2 is 1.00 bits per heavy atom. The van der Waals surface area contributed by atoms with Crippen molar-refractivity contribution < 1.29 is 0 Å². The van der Waals surface area contributed by atoms with Crippen LogP contribution in [0.15, 0.2) is 152 Å². The Morgan fingerprint density at radius 1 is 0.375 bits per heavy atom. The Kier molecular flexibility index (Phi) is 5.81. The molecule has 0 fully saturated rings. The molecule has 0 unspecified atom stereocenters. The van der Waals surface area contributed by atoms with Gasteiger partial charge in [0.05, 0.1) is 22.4 Å². The summed E-state index contributed by atoms with van der Waals surface area (Å²) in [6.07, 6.45) is 7.26. The second-order valence-electron chi connectivity index (χ2n) is 12.2. The molecule has 0 saturated heterocycles. The van der Waals surface area contributed by atoms with Crippen molar-refractivity contribution in [2.24, 2.45) is 0 Å². The maximum atomic E-state index is 5.24. The highest BCUT2D eigenvalue weighted by Crippen LogP contribution is 2.48. The second-order valence-corrected chi connectivity index (χ2v) is 12.2. The Labute approximate surface area is 276 Å². The number of nitrogens with zero attached hydrogens (tertiary/aromatic N) is 5. The summed E-state index contributed by atoms with van der Waals surface area (Å²) in [5.41, 5.74) is 13.6. The van der Waals surface area contributed by atoms with Crippen molar-refractivity contribution in [1.82, 2.24) is 24.9 Å². The van der Waals surface area contributed by atoms with Crippen LogP contribution in [0.2, 0.25) is 0 Å². The first kappa shape index (κ1) is 26.6. The van der Waals surface area contributed by atoms with E-state index in [1.165, 1.54) is 33.0 Å². The molecule has 4 aromatic heterocycles. The van der Waals surface area contributed by atoms with Gasteiger partial charge in [-0.05, 0) is 63.4 Å². The first-order valence-electron chi connectivity index (χ1n) is 16.0. The second kappa shape index (κ2) is 10.5. The van der Waals surface area contributed by atoms with Crippen molar-refractivity contribution in [1.29, 1.82) is 0 Å². The maximum absolute atomic E-state index is 5.24. The van der Waals surface area contributed by atoms with Crippen LogP contribution in [0.5, 0.6) is 0 Å². The zero-order chi connectivity index (χ0) is 31.6. The van der Waals surface area contributed by atoms with Gasteiger partial charge in [0.1, 0.15) is 0 Å². The third-order valence-electron chi connectivity index (χ3n) is 9.38. The van der Waals surface area contributed by atoms with Gasteiger partial charge in [-0.15, -0.1) is 0 Å². The first-order valence-corrected chi connectivity index (χ1v) is 16.0. The van der Waals surface area contributed by atoms with Crippen LogP contribution >= 0.6 is 0 Å². The van der Waals surface area contributed by atoms with Crippen LogP contribution in [-0.4, -0.2) is 24.9 Å². The van der Waals surface area contributed by atoms with Crippen molar-refractivity contribution in [2.75, 3.05) is 0 Å². The molecular formula is C43H25N5. The van der Waals surface area contributed by atoms with E-state index in [0.29, 0.717) is 5.82 Å². The van der Waals surface area contributed by atoms with Gasteiger partial charge in [-0.3, -0.25) is 4.98 Å². The number of rotatable bonds is 4. The topological polar surface area (TPSA) is 64.5 Å². The lowest BCUT2D eigenvalue weighted by atomic mass is 9.99. The van der Waals surface area contributed by atoms with E-state index in [4.69, 9.17) is 9.97 Å². The highest BCUT2D eigenvalue weighted by molar-refractivity contribution is 6.15. The molecule has 1 aliphatic rings. The SMILES string of the molecule is c1cncc(-c2cnc(-c3cccc(-c4ccc5ccc6ccc(-c7ccc8c(c7)-c7cccc9cccc-8c79)nc6c5n4)c3)nc2)c1. The fraction of sp³-hybridized carbons (Fsp3) is 0. The van der Waals surface area contributed by atoms with Gasteiger partial charge in [-0.1, -0.05) is 97.1 Å². The van der Waals surface area contributed by atoms with Crippen LogP contribution in [0.25, 0.3) is 99.9 Å². The minimum absolute atomic E-state index is 0.663. The molecule has 9 aromatic rings. The monoisotopic (exact) mass is 611 g/mol. The predicted molar refractivity (Wildman–Crippen MR) is 194 cm³/mol. The van der Waals surface area contributed by atoms with E-state index >= 15 is 0 Å². The van der Waals surface area contributed by atoms with Crippen molar-refractivity contribution in [2.45, 2.75) is 0 Å². The summed E-state index contributed by atoms with van der Waals surface area (Å²) in [5, 5.41) is 4.72. The summed E-state index contributed by atoms with van der Waals surface area (Å²) >= 11 is 0. The molecule has 0 atom stereocenters. The molecule has 5 heteroatoms. The molecule has 0 aliphatic heterocycles. The zero-order valence-corrected chi connectivity index (χ0v) is 25.7. The van der Waals surface area contributed by atoms with Crippen LogP contribution in [-0.2, 0) is 0 Å². The normalized spacial score (nSPS) is 11.8.